The fraction of sp³-hybridized carbons (Fsp3) is 0.526. The van der Waals surface area contributed by atoms with Crippen LogP contribution in [0.25, 0.3) is 0 Å². The molecule has 136 valence electrons. The minimum absolute atomic E-state index is 0.457. The largest absolute Gasteiger partial charge is 0.493 e. The van der Waals surface area contributed by atoms with E-state index in [4.69, 9.17) is 14.2 Å². The second-order valence-corrected chi connectivity index (χ2v) is 6.61. The van der Waals surface area contributed by atoms with Crippen LogP contribution < -0.4 is 14.2 Å². The van der Waals surface area contributed by atoms with Gasteiger partial charge in [-0.25, -0.2) is 4.98 Å². The van der Waals surface area contributed by atoms with Gasteiger partial charge >= 0.3 is 0 Å². The quantitative estimate of drug-likeness (QED) is 0.805. The molecule has 2 heterocycles. The van der Waals surface area contributed by atoms with Crippen molar-refractivity contribution >= 4 is 0 Å². The second-order valence-electron chi connectivity index (χ2n) is 6.61. The van der Waals surface area contributed by atoms with Gasteiger partial charge in [0.2, 0.25) is 5.75 Å². The van der Waals surface area contributed by atoms with E-state index in [2.05, 4.69) is 27.6 Å². The van der Waals surface area contributed by atoms with Crippen molar-refractivity contribution in [2.45, 2.75) is 25.9 Å². The van der Waals surface area contributed by atoms with Crippen molar-refractivity contribution in [2.75, 3.05) is 34.4 Å². The topological polar surface area (TPSA) is 48.8 Å². The number of likely N-dealkylation sites (tertiary alicyclic amines) is 1. The number of aromatic nitrogens is 2. The SMILES string of the molecule is COc1cc(CN2CC[C@@H](C)[C@H](n3ccnc3)C2)cc(OC)c1OC. The van der Waals surface area contributed by atoms with Gasteiger partial charge in [-0.15, -0.1) is 0 Å². The van der Waals surface area contributed by atoms with Crippen LogP contribution in [0.15, 0.2) is 30.9 Å². The van der Waals surface area contributed by atoms with Crippen molar-refractivity contribution in [3.8, 4) is 17.2 Å². The van der Waals surface area contributed by atoms with Crippen LogP contribution in [0.4, 0.5) is 0 Å². The maximum atomic E-state index is 5.47. The summed E-state index contributed by atoms with van der Waals surface area (Å²) in [5.74, 6) is 2.68. The lowest BCUT2D eigenvalue weighted by Crippen LogP contribution is -2.40. The number of nitrogens with zero attached hydrogens (tertiary/aromatic N) is 3. The summed E-state index contributed by atoms with van der Waals surface area (Å²) in [4.78, 5) is 6.68. The minimum Gasteiger partial charge on any atom is -0.493 e. The molecule has 2 aromatic rings. The van der Waals surface area contributed by atoms with E-state index in [1.807, 2.05) is 24.7 Å². The minimum atomic E-state index is 0.457. The van der Waals surface area contributed by atoms with Crippen LogP contribution in [0.5, 0.6) is 17.2 Å². The number of methoxy groups -OCH3 is 3. The van der Waals surface area contributed by atoms with Crippen molar-refractivity contribution in [3.05, 3.63) is 36.4 Å². The molecule has 0 amide bonds. The first-order valence-electron chi connectivity index (χ1n) is 8.65. The Hall–Kier alpha value is -2.21. The fourth-order valence-electron chi connectivity index (χ4n) is 3.60. The van der Waals surface area contributed by atoms with Crippen LogP contribution in [0.1, 0.15) is 24.9 Å². The van der Waals surface area contributed by atoms with E-state index in [0.29, 0.717) is 29.2 Å². The van der Waals surface area contributed by atoms with Crippen LogP contribution >= 0.6 is 0 Å². The lowest BCUT2D eigenvalue weighted by atomic mass is 9.93. The molecule has 1 aliphatic rings. The summed E-state index contributed by atoms with van der Waals surface area (Å²) < 4.78 is 18.6. The highest BCUT2D eigenvalue weighted by atomic mass is 16.5. The van der Waals surface area contributed by atoms with E-state index < -0.39 is 0 Å². The molecule has 2 atom stereocenters. The summed E-state index contributed by atoms with van der Waals surface area (Å²) in [6.45, 7) is 5.27. The maximum Gasteiger partial charge on any atom is 0.203 e. The normalized spacial score (nSPS) is 21.1. The summed E-state index contributed by atoms with van der Waals surface area (Å²) in [5, 5.41) is 0. The van der Waals surface area contributed by atoms with Crippen LogP contribution in [0.2, 0.25) is 0 Å². The third-order valence-electron chi connectivity index (χ3n) is 5.04. The van der Waals surface area contributed by atoms with Gasteiger partial charge in [-0.1, -0.05) is 6.92 Å². The number of piperidine rings is 1. The van der Waals surface area contributed by atoms with Crippen molar-refractivity contribution in [1.82, 2.24) is 14.5 Å². The van der Waals surface area contributed by atoms with Gasteiger partial charge in [0.1, 0.15) is 0 Å². The third-order valence-corrected chi connectivity index (χ3v) is 5.04. The van der Waals surface area contributed by atoms with Crippen LogP contribution in [-0.4, -0.2) is 48.9 Å². The Morgan fingerprint density at radius 3 is 2.40 bits per heavy atom. The molecule has 6 nitrogen and oxygen atoms in total. The first-order chi connectivity index (χ1) is 12.2. The van der Waals surface area contributed by atoms with Gasteiger partial charge in [0.25, 0.3) is 0 Å². The molecule has 0 aliphatic carbocycles. The fourth-order valence-corrected chi connectivity index (χ4v) is 3.60. The summed E-state index contributed by atoms with van der Waals surface area (Å²) >= 11 is 0. The molecule has 1 fully saturated rings. The molecule has 1 aromatic carbocycles. The zero-order valence-corrected chi connectivity index (χ0v) is 15.4. The number of hydrogen-bond acceptors (Lipinski definition) is 5. The lowest BCUT2D eigenvalue weighted by Gasteiger charge is -2.37. The van der Waals surface area contributed by atoms with Crippen LogP contribution in [-0.2, 0) is 6.54 Å². The molecule has 6 heteroatoms. The molecule has 0 radical (unpaired) electrons. The van der Waals surface area contributed by atoms with E-state index in [9.17, 15) is 0 Å². The maximum absolute atomic E-state index is 5.47. The summed E-state index contributed by atoms with van der Waals surface area (Å²) in [5.41, 5.74) is 1.16. The van der Waals surface area contributed by atoms with Gasteiger partial charge in [0.05, 0.1) is 27.7 Å². The first kappa shape index (κ1) is 17.6. The Bertz CT molecular complexity index is 662. The van der Waals surface area contributed by atoms with Gasteiger partial charge in [0, 0.05) is 31.5 Å². The third kappa shape index (κ3) is 3.74. The molecule has 0 saturated carbocycles. The van der Waals surface area contributed by atoms with E-state index in [0.717, 1.165) is 25.2 Å². The smallest absolute Gasteiger partial charge is 0.203 e. The van der Waals surface area contributed by atoms with E-state index in [-0.39, 0.29) is 0 Å². The predicted molar refractivity (Wildman–Crippen MR) is 96.4 cm³/mol. The van der Waals surface area contributed by atoms with Crippen molar-refractivity contribution in [1.29, 1.82) is 0 Å². The van der Waals surface area contributed by atoms with Crippen molar-refractivity contribution in [2.24, 2.45) is 5.92 Å². The molecular formula is C19H27N3O3. The molecule has 3 rings (SSSR count). The van der Waals surface area contributed by atoms with Crippen molar-refractivity contribution < 1.29 is 14.2 Å². The van der Waals surface area contributed by atoms with Crippen LogP contribution in [0.3, 0.4) is 0 Å². The van der Waals surface area contributed by atoms with Gasteiger partial charge in [-0.3, -0.25) is 4.90 Å². The number of benzene rings is 1. The Balaban J connectivity index is 1.78. The molecule has 25 heavy (non-hydrogen) atoms. The molecule has 1 saturated heterocycles. The summed E-state index contributed by atoms with van der Waals surface area (Å²) in [6.07, 6.45) is 7.01. The average Bonchev–Trinajstić information content (AvgIpc) is 3.16. The molecule has 0 unspecified atom stereocenters. The summed E-state index contributed by atoms with van der Waals surface area (Å²) in [6, 6.07) is 4.52. The number of ether oxygens (including phenoxy) is 3. The average molecular weight is 345 g/mol. The Morgan fingerprint density at radius 1 is 1.12 bits per heavy atom. The summed E-state index contributed by atoms with van der Waals surface area (Å²) in [7, 11) is 4.93. The van der Waals surface area contributed by atoms with Crippen LogP contribution in [0, 0.1) is 5.92 Å². The number of hydrogen-bond donors (Lipinski definition) is 0. The second kappa shape index (κ2) is 7.78. The molecule has 1 aliphatic heterocycles. The zero-order valence-electron chi connectivity index (χ0n) is 15.4. The Labute approximate surface area is 149 Å². The standard InChI is InChI=1S/C19H27N3O3/c1-14-5-7-21(12-16(14)22-8-6-20-13-22)11-15-9-17(23-2)19(25-4)18(10-15)24-3/h6,8-10,13-14,16H,5,7,11-12H2,1-4H3/t14-,16-/m1/s1. The first-order valence-corrected chi connectivity index (χ1v) is 8.65. The lowest BCUT2D eigenvalue weighted by molar-refractivity contribution is 0.126. The Kier molecular flexibility index (Phi) is 5.48. The Morgan fingerprint density at radius 2 is 1.84 bits per heavy atom. The zero-order chi connectivity index (χ0) is 17.8. The molecule has 0 bridgehead atoms. The molecule has 0 spiro atoms. The molecule has 0 N–H and O–H groups in total. The van der Waals surface area contributed by atoms with Gasteiger partial charge in [-0.05, 0) is 36.6 Å². The predicted octanol–water partition coefficient (Wildman–Crippen LogP) is 2.99. The van der Waals surface area contributed by atoms with Crippen molar-refractivity contribution in [3.63, 3.8) is 0 Å². The molecule has 1 aromatic heterocycles. The highest BCUT2D eigenvalue weighted by molar-refractivity contribution is 5.53. The number of rotatable bonds is 6. The van der Waals surface area contributed by atoms with Gasteiger partial charge in [-0.2, -0.15) is 0 Å². The van der Waals surface area contributed by atoms with Gasteiger partial charge < -0.3 is 18.8 Å². The van der Waals surface area contributed by atoms with E-state index in [1.165, 1.54) is 6.42 Å². The number of imidazole rings is 1. The van der Waals surface area contributed by atoms with E-state index in [1.54, 1.807) is 21.3 Å². The monoisotopic (exact) mass is 345 g/mol. The highest BCUT2D eigenvalue weighted by Gasteiger charge is 2.27. The molecular weight excluding hydrogens is 318 g/mol. The van der Waals surface area contributed by atoms with Gasteiger partial charge in [0.15, 0.2) is 11.5 Å². The highest BCUT2D eigenvalue weighted by Crippen LogP contribution is 2.39. The van der Waals surface area contributed by atoms with E-state index >= 15 is 0 Å².